The van der Waals surface area contributed by atoms with E-state index in [0.717, 1.165) is 5.56 Å². The maximum atomic E-state index is 12.1. The molecular formula is C20H20N4O5. The van der Waals surface area contributed by atoms with E-state index in [1.807, 2.05) is 0 Å². The minimum atomic E-state index is -0.485. The van der Waals surface area contributed by atoms with Gasteiger partial charge in [0, 0.05) is 13.5 Å². The average molecular weight is 396 g/mol. The van der Waals surface area contributed by atoms with Gasteiger partial charge in [-0.3, -0.25) is 9.59 Å². The normalized spacial score (nSPS) is 10.4. The Kier molecular flexibility index (Phi) is 6.41. The van der Waals surface area contributed by atoms with Gasteiger partial charge in [-0.1, -0.05) is 29.4 Å². The van der Waals surface area contributed by atoms with Crippen LogP contribution in [-0.4, -0.2) is 33.6 Å². The number of anilines is 1. The highest BCUT2D eigenvalue weighted by Gasteiger charge is 2.15. The van der Waals surface area contributed by atoms with Crippen LogP contribution in [0.2, 0.25) is 0 Å². The minimum Gasteiger partial charge on any atom is -0.508 e. The summed E-state index contributed by atoms with van der Waals surface area (Å²) in [6.07, 6.45) is 0.593. The number of para-hydroxylation sites is 2. The zero-order valence-electron chi connectivity index (χ0n) is 15.7. The van der Waals surface area contributed by atoms with E-state index in [4.69, 9.17) is 9.26 Å². The van der Waals surface area contributed by atoms with Gasteiger partial charge in [-0.05, 0) is 36.2 Å². The lowest BCUT2D eigenvalue weighted by molar-refractivity contribution is -0.114. The van der Waals surface area contributed by atoms with Gasteiger partial charge in [0.05, 0.1) is 5.69 Å². The van der Waals surface area contributed by atoms with Crippen LogP contribution in [0.15, 0.2) is 53.1 Å². The first-order valence-corrected chi connectivity index (χ1v) is 8.89. The standard InChI is InChI=1S/C20H20N4O5/c1-13(25)22-16-4-2-3-5-17(16)28-12-18-23-20(29-24-18)19(27)21-11-10-14-6-8-15(26)9-7-14/h2-9,26H,10-12H2,1H3,(H,21,27)(H,22,25). The lowest BCUT2D eigenvalue weighted by atomic mass is 10.1. The highest BCUT2D eigenvalue weighted by Crippen LogP contribution is 2.24. The summed E-state index contributed by atoms with van der Waals surface area (Å²) in [6.45, 7) is 1.76. The maximum absolute atomic E-state index is 12.1. The quantitative estimate of drug-likeness (QED) is 0.533. The summed E-state index contributed by atoms with van der Waals surface area (Å²) in [6, 6.07) is 13.7. The number of phenolic OH excluding ortho intramolecular Hbond substituents is 1. The first-order chi connectivity index (χ1) is 14.0. The second kappa shape index (κ2) is 9.36. The molecule has 0 spiro atoms. The Bertz CT molecular complexity index is 985. The van der Waals surface area contributed by atoms with Crippen molar-refractivity contribution >= 4 is 17.5 Å². The maximum Gasteiger partial charge on any atom is 0.316 e. The molecule has 0 aliphatic heterocycles. The second-order valence-corrected chi connectivity index (χ2v) is 6.15. The minimum absolute atomic E-state index is 0.0269. The van der Waals surface area contributed by atoms with E-state index < -0.39 is 5.91 Å². The molecule has 0 saturated carbocycles. The molecule has 2 aromatic carbocycles. The number of carbonyl (C=O) groups excluding carboxylic acids is 2. The SMILES string of the molecule is CC(=O)Nc1ccccc1OCc1noc(C(=O)NCCc2ccc(O)cc2)n1. The Morgan fingerprint density at radius 3 is 2.66 bits per heavy atom. The van der Waals surface area contributed by atoms with Crippen LogP contribution in [0.5, 0.6) is 11.5 Å². The fourth-order valence-corrected chi connectivity index (χ4v) is 2.49. The zero-order chi connectivity index (χ0) is 20.6. The van der Waals surface area contributed by atoms with Crippen LogP contribution < -0.4 is 15.4 Å². The molecule has 3 rings (SSSR count). The number of ether oxygens (including phenoxy) is 1. The average Bonchev–Trinajstić information content (AvgIpc) is 3.17. The van der Waals surface area contributed by atoms with Gasteiger partial charge in [-0.15, -0.1) is 0 Å². The monoisotopic (exact) mass is 396 g/mol. The van der Waals surface area contributed by atoms with Crippen LogP contribution in [0.25, 0.3) is 0 Å². The number of amides is 2. The third-order valence-corrected chi connectivity index (χ3v) is 3.85. The Morgan fingerprint density at radius 1 is 1.14 bits per heavy atom. The van der Waals surface area contributed by atoms with Gasteiger partial charge in [-0.2, -0.15) is 4.98 Å². The number of carbonyl (C=O) groups is 2. The van der Waals surface area contributed by atoms with Gasteiger partial charge in [0.25, 0.3) is 0 Å². The van der Waals surface area contributed by atoms with E-state index in [1.54, 1.807) is 48.5 Å². The number of aromatic hydroxyl groups is 1. The van der Waals surface area contributed by atoms with Crippen LogP contribution >= 0.6 is 0 Å². The number of nitrogens with zero attached hydrogens (tertiary/aromatic N) is 2. The molecule has 0 aliphatic rings. The van der Waals surface area contributed by atoms with E-state index in [-0.39, 0.29) is 30.0 Å². The molecule has 0 radical (unpaired) electrons. The summed E-state index contributed by atoms with van der Waals surface area (Å²) < 4.78 is 10.6. The van der Waals surface area contributed by atoms with Gasteiger partial charge >= 0.3 is 11.8 Å². The van der Waals surface area contributed by atoms with Crippen molar-refractivity contribution in [2.24, 2.45) is 0 Å². The van der Waals surface area contributed by atoms with E-state index in [0.29, 0.717) is 24.4 Å². The Labute approximate surface area is 166 Å². The van der Waals surface area contributed by atoms with E-state index in [9.17, 15) is 14.7 Å². The molecule has 0 bridgehead atoms. The molecule has 0 atom stereocenters. The number of aromatic nitrogens is 2. The number of hydrogen-bond acceptors (Lipinski definition) is 7. The highest BCUT2D eigenvalue weighted by molar-refractivity contribution is 5.90. The van der Waals surface area contributed by atoms with Gasteiger partial charge in [-0.25, -0.2) is 0 Å². The smallest absolute Gasteiger partial charge is 0.316 e. The fourth-order valence-electron chi connectivity index (χ4n) is 2.49. The predicted molar refractivity (Wildman–Crippen MR) is 104 cm³/mol. The number of nitrogens with one attached hydrogen (secondary N) is 2. The summed E-state index contributed by atoms with van der Waals surface area (Å²) in [4.78, 5) is 27.4. The van der Waals surface area contributed by atoms with Crippen molar-refractivity contribution in [2.75, 3.05) is 11.9 Å². The van der Waals surface area contributed by atoms with Crippen molar-refractivity contribution in [1.29, 1.82) is 0 Å². The molecule has 0 fully saturated rings. The third kappa shape index (κ3) is 5.80. The summed E-state index contributed by atoms with van der Waals surface area (Å²) >= 11 is 0. The fraction of sp³-hybridized carbons (Fsp3) is 0.200. The Balaban J connectivity index is 1.50. The molecule has 0 aliphatic carbocycles. The van der Waals surface area contributed by atoms with Gasteiger partial charge in [0.1, 0.15) is 11.5 Å². The van der Waals surface area contributed by atoms with Crippen molar-refractivity contribution in [3.05, 3.63) is 65.8 Å². The first kappa shape index (κ1) is 19.9. The Hall–Kier alpha value is -3.88. The number of phenols is 1. The molecule has 9 nitrogen and oxygen atoms in total. The largest absolute Gasteiger partial charge is 0.508 e. The van der Waals surface area contributed by atoms with E-state index >= 15 is 0 Å². The van der Waals surface area contributed by atoms with Gasteiger partial charge in [0.15, 0.2) is 6.61 Å². The number of benzene rings is 2. The molecule has 3 aromatic rings. The first-order valence-electron chi connectivity index (χ1n) is 8.89. The summed E-state index contributed by atoms with van der Waals surface area (Å²) in [7, 11) is 0. The molecule has 9 heteroatoms. The highest BCUT2D eigenvalue weighted by atomic mass is 16.5. The van der Waals surface area contributed by atoms with E-state index in [2.05, 4.69) is 20.8 Å². The molecule has 0 unspecified atom stereocenters. The van der Waals surface area contributed by atoms with Crippen molar-refractivity contribution in [2.45, 2.75) is 20.0 Å². The lowest BCUT2D eigenvalue weighted by Gasteiger charge is -2.09. The summed E-state index contributed by atoms with van der Waals surface area (Å²) in [5.41, 5.74) is 1.50. The van der Waals surface area contributed by atoms with Crippen molar-refractivity contribution in [3.8, 4) is 11.5 Å². The molecule has 3 N–H and O–H groups in total. The number of hydrogen-bond donors (Lipinski definition) is 3. The summed E-state index contributed by atoms with van der Waals surface area (Å²) in [5.74, 6) is -0.0192. The third-order valence-electron chi connectivity index (χ3n) is 3.85. The van der Waals surface area contributed by atoms with Crippen LogP contribution in [0, 0.1) is 0 Å². The van der Waals surface area contributed by atoms with Crippen molar-refractivity contribution < 1.29 is 24.0 Å². The lowest BCUT2D eigenvalue weighted by Crippen LogP contribution is -2.26. The molecule has 0 saturated heterocycles. The van der Waals surface area contributed by atoms with Gasteiger partial charge < -0.3 is 25.0 Å². The van der Waals surface area contributed by atoms with Crippen LogP contribution in [-0.2, 0) is 17.8 Å². The zero-order valence-corrected chi connectivity index (χ0v) is 15.7. The second-order valence-electron chi connectivity index (χ2n) is 6.15. The van der Waals surface area contributed by atoms with Gasteiger partial charge in [0.2, 0.25) is 11.7 Å². The van der Waals surface area contributed by atoms with E-state index in [1.165, 1.54) is 6.92 Å². The molecule has 150 valence electrons. The molecule has 29 heavy (non-hydrogen) atoms. The predicted octanol–water partition coefficient (Wildman–Crippen LogP) is 2.29. The van der Waals surface area contributed by atoms with Crippen LogP contribution in [0.3, 0.4) is 0 Å². The van der Waals surface area contributed by atoms with Crippen LogP contribution in [0.4, 0.5) is 5.69 Å². The Morgan fingerprint density at radius 2 is 1.90 bits per heavy atom. The molecule has 1 heterocycles. The topological polar surface area (TPSA) is 127 Å². The molecule has 2 amide bonds. The van der Waals surface area contributed by atoms with Crippen LogP contribution in [0.1, 0.15) is 29.0 Å². The summed E-state index contributed by atoms with van der Waals surface area (Å²) in [5, 5.41) is 18.4. The number of rotatable bonds is 8. The van der Waals surface area contributed by atoms with Crippen molar-refractivity contribution in [3.63, 3.8) is 0 Å². The van der Waals surface area contributed by atoms with Crippen molar-refractivity contribution in [1.82, 2.24) is 15.5 Å². The molecular weight excluding hydrogens is 376 g/mol. The molecule has 1 aromatic heterocycles.